The molecule has 0 bridgehead atoms. The highest BCUT2D eigenvalue weighted by Gasteiger charge is 2.39. The van der Waals surface area contributed by atoms with Crippen molar-refractivity contribution in [1.82, 2.24) is 9.80 Å². The minimum Gasteiger partial charge on any atom is -0.392 e. The molecular weight excluding hydrogens is 293 g/mol. The summed E-state index contributed by atoms with van der Waals surface area (Å²) in [7, 11) is 0. The lowest BCUT2D eigenvalue weighted by atomic mass is 10.0. The monoisotopic (exact) mass is 314 g/mol. The number of nitrogens with zero attached hydrogens (tertiary/aromatic N) is 2. The van der Waals surface area contributed by atoms with Gasteiger partial charge in [0.1, 0.15) is 0 Å². The zero-order valence-electron chi connectivity index (χ0n) is 12.6. The molecule has 1 unspecified atom stereocenters. The second kappa shape index (κ2) is 5.83. The molecule has 2 fully saturated rings. The number of benzene rings is 1. The topological polar surface area (TPSA) is 26.7 Å². The lowest BCUT2D eigenvalue weighted by Crippen LogP contribution is -2.54. The van der Waals surface area contributed by atoms with Gasteiger partial charge in [-0.1, -0.05) is 18.2 Å². The maximum Gasteiger partial charge on any atom is 0.416 e. The van der Waals surface area contributed by atoms with Crippen molar-refractivity contribution < 1.29 is 18.3 Å². The standard InChI is InChI=1S/C16H21F3N2O/c1-11-7-21-10-14(22)6-13(21)9-20(11)8-12-4-2-3-5-15(12)16(17,18)19/h2-5,11,13-14,22H,6-10H2,1H3/t11-,13?,14-/m1/s1. The number of piperazine rings is 1. The van der Waals surface area contributed by atoms with Crippen molar-refractivity contribution in [1.29, 1.82) is 0 Å². The van der Waals surface area contributed by atoms with Gasteiger partial charge in [0, 0.05) is 38.3 Å². The van der Waals surface area contributed by atoms with Gasteiger partial charge in [0.05, 0.1) is 11.7 Å². The maximum atomic E-state index is 13.1. The van der Waals surface area contributed by atoms with Crippen LogP contribution in [0.1, 0.15) is 24.5 Å². The number of aliphatic hydroxyl groups excluding tert-OH is 1. The Morgan fingerprint density at radius 2 is 1.91 bits per heavy atom. The van der Waals surface area contributed by atoms with E-state index in [4.69, 9.17) is 0 Å². The zero-order chi connectivity index (χ0) is 15.9. The largest absolute Gasteiger partial charge is 0.416 e. The summed E-state index contributed by atoms with van der Waals surface area (Å²) < 4.78 is 39.3. The molecule has 122 valence electrons. The first-order chi connectivity index (χ1) is 10.3. The van der Waals surface area contributed by atoms with Gasteiger partial charge in [0.2, 0.25) is 0 Å². The van der Waals surface area contributed by atoms with E-state index in [1.54, 1.807) is 12.1 Å². The van der Waals surface area contributed by atoms with Crippen LogP contribution in [0, 0.1) is 0 Å². The molecule has 0 amide bonds. The van der Waals surface area contributed by atoms with E-state index in [0.717, 1.165) is 12.6 Å². The third kappa shape index (κ3) is 3.14. The zero-order valence-corrected chi connectivity index (χ0v) is 12.6. The predicted molar refractivity (Wildman–Crippen MR) is 77.3 cm³/mol. The smallest absolute Gasteiger partial charge is 0.392 e. The van der Waals surface area contributed by atoms with Crippen molar-refractivity contribution in [2.75, 3.05) is 19.6 Å². The van der Waals surface area contributed by atoms with Gasteiger partial charge >= 0.3 is 6.18 Å². The fourth-order valence-electron chi connectivity index (χ4n) is 3.65. The number of alkyl halides is 3. The fourth-order valence-corrected chi connectivity index (χ4v) is 3.65. The Morgan fingerprint density at radius 1 is 1.18 bits per heavy atom. The van der Waals surface area contributed by atoms with Crippen LogP contribution in [0.25, 0.3) is 0 Å². The Balaban J connectivity index is 1.76. The van der Waals surface area contributed by atoms with Gasteiger partial charge in [-0.25, -0.2) is 0 Å². The van der Waals surface area contributed by atoms with E-state index in [1.165, 1.54) is 6.07 Å². The first-order valence-corrected chi connectivity index (χ1v) is 7.66. The van der Waals surface area contributed by atoms with Crippen LogP contribution in [0.5, 0.6) is 0 Å². The molecule has 1 N–H and O–H groups in total. The molecule has 2 heterocycles. The summed E-state index contributed by atoms with van der Waals surface area (Å²) >= 11 is 0. The van der Waals surface area contributed by atoms with E-state index in [0.29, 0.717) is 31.6 Å². The van der Waals surface area contributed by atoms with Crippen LogP contribution in [-0.2, 0) is 12.7 Å². The second-order valence-electron chi connectivity index (χ2n) is 6.43. The summed E-state index contributed by atoms with van der Waals surface area (Å²) in [5, 5.41) is 9.76. The van der Waals surface area contributed by atoms with E-state index in [-0.39, 0.29) is 18.2 Å². The van der Waals surface area contributed by atoms with E-state index in [2.05, 4.69) is 9.80 Å². The Hall–Kier alpha value is -1.11. The van der Waals surface area contributed by atoms with Crippen molar-refractivity contribution >= 4 is 0 Å². The van der Waals surface area contributed by atoms with Crippen molar-refractivity contribution in [3.8, 4) is 0 Å². The van der Waals surface area contributed by atoms with Crippen LogP contribution in [0.4, 0.5) is 13.2 Å². The van der Waals surface area contributed by atoms with Gasteiger partial charge in [-0.2, -0.15) is 13.2 Å². The van der Waals surface area contributed by atoms with Crippen LogP contribution in [0.15, 0.2) is 24.3 Å². The molecule has 2 aliphatic heterocycles. The van der Waals surface area contributed by atoms with Crippen LogP contribution in [0.2, 0.25) is 0 Å². The molecule has 0 aromatic heterocycles. The Bertz CT molecular complexity index is 534. The highest BCUT2D eigenvalue weighted by Crippen LogP contribution is 2.33. The third-order valence-electron chi connectivity index (χ3n) is 4.77. The summed E-state index contributed by atoms with van der Waals surface area (Å²) in [4.78, 5) is 4.35. The number of aliphatic hydroxyl groups is 1. The average Bonchev–Trinajstić information content (AvgIpc) is 2.78. The molecule has 3 nitrogen and oxygen atoms in total. The number of fused-ring (bicyclic) bond motifs is 1. The quantitative estimate of drug-likeness (QED) is 0.908. The van der Waals surface area contributed by atoms with Crippen molar-refractivity contribution in [2.45, 2.75) is 44.3 Å². The summed E-state index contributed by atoms with van der Waals surface area (Å²) in [5.74, 6) is 0. The molecular formula is C16H21F3N2O. The lowest BCUT2D eigenvalue weighted by molar-refractivity contribution is -0.138. The molecule has 0 spiro atoms. The highest BCUT2D eigenvalue weighted by molar-refractivity contribution is 5.29. The molecule has 1 aromatic carbocycles. The molecule has 6 heteroatoms. The first-order valence-electron chi connectivity index (χ1n) is 7.66. The Kier molecular flexibility index (Phi) is 4.18. The molecule has 0 aliphatic carbocycles. The van der Waals surface area contributed by atoms with E-state index in [1.807, 2.05) is 6.92 Å². The number of hydrogen-bond acceptors (Lipinski definition) is 3. The summed E-state index contributed by atoms with van der Waals surface area (Å²) in [6, 6.07) is 6.24. The minimum absolute atomic E-state index is 0.183. The van der Waals surface area contributed by atoms with E-state index >= 15 is 0 Å². The second-order valence-corrected chi connectivity index (χ2v) is 6.43. The molecule has 2 aliphatic rings. The molecule has 0 saturated carbocycles. The van der Waals surface area contributed by atoms with Crippen LogP contribution >= 0.6 is 0 Å². The minimum atomic E-state index is -4.31. The van der Waals surface area contributed by atoms with Gasteiger partial charge in [0.15, 0.2) is 0 Å². The van der Waals surface area contributed by atoms with Crippen LogP contribution in [-0.4, -0.2) is 52.7 Å². The normalized spacial score (nSPS) is 30.5. The van der Waals surface area contributed by atoms with Crippen LogP contribution < -0.4 is 0 Å². The first kappa shape index (κ1) is 15.8. The molecule has 0 radical (unpaired) electrons. The molecule has 22 heavy (non-hydrogen) atoms. The number of rotatable bonds is 2. The predicted octanol–water partition coefficient (Wildman–Crippen LogP) is 2.34. The van der Waals surface area contributed by atoms with Crippen LogP contribution in [0.3, 0.4) is 0 Å². The third-order valence-corrected chi connectivity index (χ3v) is 4.77. The number of hydrogen-bond donors (Lipinski definition) is 1. The Labute approximate surface area is 128 Å². The van der Waals surface area contributed by atoms with Crippen molar-refractivity contribution in [3.63, 3.8) is 0 Å². The maximum absolute atomic E-state index is 13.1. The molecule has 3 atom stereocenters. The average molecular weight is 314 g/mol. The molecule has 2 saturated heterocycles. The number of halogens is 3. The van der Waals surface area contributed by atoms with Gasteiger partial charge in [-0.3, -0.25) is 9.80 Å². The van der Waals surface area contributed by atoms with E-state index in [9.17, 15) is 18.3 Å². The van der Waals surface area contributed by atoms with Crippen molar-refractivity contribution in [2.24, 2.45) is 0 Å². The lowest BCUT2D eigenvalue weighted by Gasteiger charge is -2.42. The summed E-state index contributed by atoms with van der Waals surface area (Å²) in [6.45, 7) is 4.54. The Morgan fingerprint density at radius 3 is 2.64 bits per heavy atom. The SMILES string of the molecule is C[C@@H]1CN2C[C@H](O)CC2CN1Cc1ccccc1C(F)(F)F. The fraction of sp³-hybridized carbons (Fsp3) is 0.625. The van der Waals surface area contributed by atoms with Gasteiger partial charge in [0.25, 0.3) is 0 Å². The van der Waals surface area contributed by atoms with Crippen molar-refractivity contribution in [3.05, 3.63) is 35.4 Å². The highest BCUT2D eigenvalue weighted by atomic mass is 19.4. The molecule has 3 rings (SSSR count). The molecule has 1 aromatic rings. The van der Waals surface area contributed by atoms with Gasteiger partial charge in [-0.05, 0) is 25.0 Å². The van der Waals surface area contributed by atoms with Gasteiger partial charge in [-0.15, -0.1) is 0 Å². The summed E-state index contributed by atoms with van der Waals surface area (Å²) in [6.07, 6.45) is -3.91. The van der Waals surface area contributed by atoms with E-state index < -0.39 is 11.7 Å². The van der Waals surface area contributed by atoms with Gasteiger partial charge < -0.3 is 5.11 Å². The summed E-state index contributed by atoms with van der Waals surface area (Å²) in [5.41, 5.74) is -0.218.